The zero-order valence-electron chi connectivity index (χ0n) is 12.9. The molecule has 1 N–H and O–H groups in total. The highest BCUT2D eigenvalue weighted by molar-refractivity contribution is 4.85. The van der Waals surface area contributed by atoms with Gasteiger partial charge in [0.25, 0.3) is 0 Å². The Kier molecular flexibility index (Phi) is 6.11. The lowest BCUT2D eigenvalue weighted by Crippen LogP contribution is -2.45. The number of rotatable bonds is 6. The van der Waals surface area contributed by atoms with Gasteiger partial charge in [0.2, 0.25) is 0 Å². The van der Waals surface area contributed by atoms with Gasteiger partial charge in [-0.2, -0.15) is 0 Å². The zero-order chi connectivity index (χ0) is 13.6. The van der Waals surface area contributed by atoms with Gasteiger partial charge < -0.3 is 15.0 Å². The normalized spacial score (nSPS) is 33.5. The van der Waals surface area contributed by atoms with Crippen LogP contribution in [0.1, 0.15) is 58.8 Å². The lowest BCUT2D eigenvalue weighted by molar-refractivity contribution is -0.0779. The van der Waals surface area contributed by atoms with E-state index in [1.54, 1.807) is 0 Å². The summed E-state index contributed by atoms with van der Waals surface area (Å²) in [5.74, 6) is 0. The number of nitrogens with zero attached hydrogens (tertiary/aromatic N) is 1. The first-order valence-electron chi connectivity index (χ1n) is 8.31. The van der Waals surface area contributed by atoms with Gasteiger partial charge in [-0.3, -0.25) is 0 Å². The topological polar surface area (TPSA) is 24.5 Å². The Labute approximate surface area is 119 Å². The largest absolute Gasteiger partial charge is 0.375 e. The minimum atomic E-state index is 0.114. The fourth-order valence-corrected chi connectivity index (χ4v) is 3.34. The molecule has 2 rings (SSSR count). The SMILES string of the molecule is CCC1(C)CC(NCCCN2CCCCC2)CCO1. The van der Waals surface area contributed by atoms with Gasteiger partial charge in [0.1, 0.15) is 0 Å². The lowest BCUT2D eigenvalue weighted by atomic mass is 9.90. The highest BCUT2D eigenvalue weighted by Gasteiger charge is 2.31. The molecular formula is C16H32N2O. The maximum absolute atomic E-state index is 5.90. The van der Waals surface area contributed by atoms with Crippen molar-refractivity contribution < 1.29 is 4.74 Å². The van der Waals surface area contributed by atoms with Crippen molar-refractivity contribution >= 4 is 0 Å². The van der Waals surface area contributed by atoms with E-state index >= 15 is 0 Å². The molecule has 2 heterocycles. The van der Waals surface area contributed by atoms with Gasteiger partial charge in [-0.25, -0.2) is 0 Å². The molecule has 2 unspecified atom stereocenters. The fraction of sp³-hybridized carbons (Fsp3) is 1.00. The molecule has 0 saturated carbocycles. The molecule has 0 amide bonds. The summed E-state index contributed by atoms with van der Waals surface area (Å²) in [6, 6.07) is 0.667. The molecule has 112 valence electrons. The zero-order valence-corrected chi connectivity index (χ0v) is 12.9. The minimum absolute atomic E-state index is 0.114. The third-order valence-electron chi connectivity index (χ3n) is 4.88. The standard InChI is InChI=1S/C16H32N2O/c1-3-16(2)14-15(8-13-19-16)17-9-7-12-18-10-5-4-6-11-18/h15,17H,3-14H2,1-2H3. The maximum Gasteiger partial charge on any atom is 0.0666 e. The first-order valence-corrected chi connectivity index (χ1v) is 8.31. The van der Waals surface area contributed by atoms with Crippen molar-refractivity contribution in [2.45, 2.75) is 70.4 Å². The molecule has 0 radical (unpaired) electrons. The van der Waals surface area contributed by atoms with Crippen LogP contribution < -0.4 is 5.32 Å². The van der Waals surface area contributed by atoms with E-state index in [2.05, 4.69) is 24.1 Å². The van der Waals surface area contributed by atoms with E-state index in [0.29, 0.717) is 6.04 Å². The minimum Gasteiger partial charge on any atom is -0.375 e. The Balaban J connectivity index is 1.57. The van der Waals surface area contributed by atoms with Crippen molar-refractivity contribution in [3.8, 4) is 0 Å². The molecule has 2 fully saturated rings. The van der Waals surface area contributed by atoms with Crippen molar-refractivity contribution in [3.63, 3.8) is 0 Å². The second-order valence-electron chi connectivity index (χ2n) is 6.55. The van der Waals surface area contributed by atoms with E-state index in [9.17, 15) is 0 Å². The predicted octanol–water partition coefficient (Wildman–Crippen LogP) is 2.80. The Morgan fingerprint density at radius 3 is 2.79 bits per heavy atom. The molecule has 0 aromatic heterocycles. The molecule has 2 aliphatic heterocycles. The van der Waals surface area contributed by atoms with Crippen molar-refractivity contribution in [2.24, 2.45) is 0 Å². The van der Waals surface area contributed by atoms with Crippen LogP contribution in [-0.4, -0.2) is 49.3 Å². The average Bonchev–Trinajstić information content (AvgIpc) is 2.45. The predicted molar refractivity (Wildman–Crippen MR) is 80.6 cm³/mol. The van der Waals surface area contributed by atoms with Gasteiger partial charge in [-0.1, -0.05) is 13.3 Å². The summed E-state index contributed by atoms with van der Waals surface area (Å²) < 4.78 is 5.90. The Morgan fingerprint density at radius 1 is 1.26 bits per heavy atom. The highest BCUT2D eigenvalue weighted by atomic mass is 16.5. The van der Waals surface area contributed by atoms with Gasteiger partial charge in [0.05, 0.1) is 5.60 Å². The van der Waals surface area contributed by atoms with Crippen molar-refractivity contribution in [1.29, 1.82) is 0 Å². The first kappa shape index (κ1) is 15.3. The number of nitrogens with one attached hydrogen (secondary N) is 1. The van der Waals surface area contributed by atoms with Crippen LogP contribution in [-0.2, 0) is 4.74 Å². The first-order chi connectivity index (χ1) is 9.22. The summed E-state index contributed by atoms with van der Waals surface area (Å²) in [6.07, 6.45) is 9.02. The second kappa shape index (κ2) is 7.61. The van der Waals surface area contributed by atoms with Crippen LogP contribution in [0.25, 0.3) is 0 Å². The molecule has 2 saturated heterocycles. The monoisotopic (exact) mass is 268 g/mol. The third-order valence-corrected chi connectivity index (χ3v) is 4.88. The van der Waals surface area contributed by atoms with Gasteiger partial charge in [0, 0.05) is 12.6 Å². The average molecular weight is 268 g/mol. The molecular weight excluding hydrogens is 236 g/mol. The summed E-state index contributed by atoms with van der Waals surface area (Å²) in [5, 5.41) is 3.74. The quantitative estimate of drug-likeness (QED) is 0.750. The highest BCUT2D eigenvalue weighted by Crippen LogP contribution is 2.27. The molecule has 0 bridgehead atoms. The number of likely N-dealkylation sites (tertiary alicyclic amines) is 1. The second-order valence-corrected chi connectivity index (χ2v) is 6.55. The summed E-state index contributed by atoms with van der Waals surface area (Å²) in [4.78, 5) is 2.63. The summed E-state index contributed by atoms with van der Waals surface area (Å²) in [6.45, 7) is 10.5. The van der Waals surface area contributed by atoms with Crippen LogP contribution in [0.15, 0.2) is 0 Å². The molecule has 0 spiro atoms. The molecule has 2 atom stereocenters. The van der Waals surface area contributed by atoms with Gasteiger partial charge >= 0.3 is 0 Å². The number of hydrogen-bond acceptors (Lipinski definition) is 3. The van der Waals surface area contributed by atoms with Crippen LogP contribution in [0.2, 0.25) is 0 Å². The van der Waals surface area contributed by atoms with Gasteiger partial charge in [0.15, 0.2) is 0 Å². The van der Waals surface area contributed by atoms with E-state index < -0.39 is 0 Å². The van der Waals surface area contributed by atoms with E-state index in [1.165, 1.54) is 64.7 Å². The fourth-order valence-electron chi connectivity index (χ4n) is 3.34. The van der Waals surface area contributed by atoms with E-state index in [1.807, 2.05) is 0 Å². The van der Waals surface area contributed by atoms with Crippen LogP contribution in [0.4, 0.5) is 0 Å². The van der Waals surface area contributed by atoms with Crippen LogP contribution >= 0.6 is 0 Å². The molecule has 19 heavy (non-hydrogen) atoms. The molecule has 0 aromatic rings. The van der Waals surface area contributed by atoms with Crippen LogP contribution in [0.3, 0.4) is 0 Å². The Bertz CT molecular complexity index is 253. The molecule has 3 heteroatoms. The Morgan fingerprint density at radius 2 is 2.05 bits per heavy atom. The summed E-state index contributed by atoms with van der Waals surface area (Å²) in [5.41, 5.74) is 0.114. The van der Waals surface area contributed by atoms with Crippen molar-refractivity contribution in [1.82, 2.24) is 10.2 Å². The maximum atomic E-state index is 5.90. The Hall–Kier alpha value is -0.120. The number of piperidine rings is 1. The van der Waals surface area contributed by atoms with Gasteiger partial charge in [-0.15, -0.1) is 0 Å². The number of ether oxygens (including phenoxy) is 1. The molecule has 2 aliphatic rings. The lowest BCUT2D eigenvalue weighted by Gasteiger charge is -2.38. The van der Waals surface area contributed by atoms with E-state index in [-0.39, 0.29) is 5.60 Å². The number of hydrogen-bond donors (Lipinski definition) is 1. The van der Waals surface area contributed by atoms with Crippen LogP contribution in [0, 0.1) is 0 Å². The van der Waals surface area contributed by atoms with Crippen molar-refractivity contribution in [2.75, 3.05) is 32.8 Å². The van der Waals surface area contributed by atoms with Crippen LogP contribution in [0.5, 0.6) is 0 Å². The molecule has 0 aromatic carbocycles. The van der Waals surface area contributed by atoms with E-state index in [0.717, 1.165) is 13.0 Å². The summed E-state index contributed by atoms with van der Waals surface area (Å²) in [7, 11) is 0. The summed E-state index contributed by atoms with van der Waals surface area (Å²) >= 11 is 0. The van der Waals surface area contributed by atoms with Crippen molar-refractivity contribution in [3.05, 3.63) is 0 Å². The molecule has 0 aliphatic carbocycles. The van der Waals surface area contributed by atoms with E-state index in [4.69, 9.17) is 4.74 Å². The molecule has 3 nitrogen and oxygen atoms in total. The smallest absolute Gasteiger partial charge is 0.0666 e. The third kappa shape index (κ3) is 5.05. The van der Waals surface area contributed by atoms with Gasteiger partial charge in [-0.05, 0) is 71.6 Å².